The van der Waals surface area contributed by atoms with Gasteiger partial charge in [-0.15, -0.1) is 0 Å². The van der Waals surface area contributed by atoms with Gasteiger partial charge in [0.15, 0.2) is 6.10 Å². The lowest BCUT2D eigenvalue weighted by atomic mass is 9.87. The van der Waals surface area contributed by atoms with Crippen LogP contribution in [-0.4, -0.2) is 12.0 Å². The van der Waals surface area contributed by atoms with E-state index in [0.717, 1.165) is 14.8 Å². The molecule has 0 aliphatic heterocycles. The Morgan fingerprint density at radius 1 is 1.12 bits per heavy atom. The van der Waals surface area contributed by atoms with Crippen LogP contribution >= 0.6 is 22.6 Å². The Bertz CT molecular complexity index is 717. The molecule has 1 unspecified atom stereocenters. The molecule has 0 spiro atoms. The van der Waals surface area contributed by atoms with Crippen LogP contribution in [0.3, 0.4) is 0 Å². The van der Waals surface area contributed by atoms with Crippen LogP contribution < -0.4 is 10.1 Å². The van der Waals surface area contributed by atoms with Gasteiger partial charge >= 0.3 is 0 Å². The number of nitrogens with one attached hydrogen (secondary N) is 1. The molecule has 3 nitrogen and oxygen atoms in total. The summed E-state index contributed by atoms with van der Waals surface area (Å²) in [6.45, 7) is 10.2. The van der Waals surface area contributed by atoms with Gasteiger partial charge in [-0.3, -0.25) is 4.79 Å². The van der Waals surface area contributed by atoms with E-state index in [1.54, 1.807) is 6.92 Å². The molecule has 0 aromatic heterocycles. The summed E-state index contributed by atoms with van der Waals surface area (Å²) in [5, 5.41) is 2.93. The van der Waals surface area contributed by atoms with Crippen molar-refractivity contribution in [2.45, 2.75) is 46.1 Å². The van der Waals surface area contributed by atoms with Crippen LogP contribution in [0.25, 0.3) is 0 Å². The first-order valence-corrected chi connectivity index (χ1v) is 9.09. The minimum absolute atomic E-state index is 0.101. The summed E-state index contributed by atoms with van der Waals surface area (Å²) in [5.74, 6) is 0.546. The van der Waals surface area contributed by atoms with Crippen LogP contribution in [0, 0.1) is 10.5 Å². The zero-order valence-electron chi connectivity index (χ0n) is 14.8. The number of anilines is 1. The molecule has 0 radical (unpaired) electrons. The maximum Gasteiger partial charge on any atom is 0.265 e. The Balaban J connectivity index is 2.01. The van der Waals surface area contributed by atoms with E-state index in [-0.39, 0.29) is 11.3 Å². The molecule has 128 valence electrons. The summed E-state index contributed by atoms with van der Waals surface area (Å²) in [7, 11) is 0. The lowest BCUT2D eigenvalue weighted by Gasteiger charge is -2.20. The van der Waals surface area contributed by atoms with Gasteiger partial charge in [0.25, 0.3) is 5.91 Å². The molecular formula is C20H24INO2. The van der Waals surface area contributed by atoms with Crippen molar-refractivity contribution in [1.82, 2.24) is 0 Å². The Labute approximate surface area is 157 Å². The second-order valence-corrected chi connectivity index (χ2v) is 8.23. The molecule has 1 atom stereocenters. The van der Waals surface area contributed by atoms with Crippen molar-refractivity contribution in [3.8, 4) is 5.75 Å². The SMILES string of the molecule is Cc1cc(I)ccc1NC(=O)C(C)Oc1ccc(C(C)(C)C)cc1. The molecule has 0 fully saturated rings. The molecule has 24 heavy (non-hydrogen) atoms. The number of carbonyl (C=O) groups excluding carboxylic acids is 1. The molecule has 0 bridgehead atoms. The molecule has 0 aliphatic rings. The third kappa shape index (κ3) is 4.97. The van der Waals surface area contributed by atoms with Gasteiger partial charge in [-0.25, -0.2) is 0 Å². The van der Waals surface area contributed by atoms with Gasteiger partial charge < -0.3 is 10.1 Å². The number of aryl methyl sites for hydroxylation is 1. The summed E-state index contributed by atoms with van der Waals surface area (Å²) in [6.07, 6.45) is -0.566. The molecule has 1 N–H and O–H groups in total. The Morgan fingerprint density at radius 2 is 1.75 bits per heavy atom. The van der Waals surface area contributed by atoms with Crippen molar-refractivity contribution in [3.63, 3.8) is 0 Å². The van der Waals surface area contributed by atoms with Crippen molar-refractivity contribution in [3.05, 3.63) is 57.2 Å². The van der Waals surface area contributed by atoms with Crippen LogP contribution in [0.5, 0.6) is 5.75 Å². The maximum atomic E-state index is 12.3. The first kappa shape index (κ1) is 18.8. The largest absolute Gasteiger partial charge is 0.481 e. The average Bonchev–Trinajstić information content (AvgIpc) is 2.49. The highest BCUT2D eigenvalue weighted by Gasteiger charge is 2.17. The normalized spacial score (nSPS) is 12.6. The zero-order chi connectivity index (χ0) is 17.9. The summed E-state index contributed by atoms with van der Waals surface area (Å²) >= 11 is 2.25. The molecule has 4 heteroatoms. The fraction of sp³-hybridized carbons (Fsp3) is 0.350. The Kier molecular flexibility index (Phi) is 5.91. The van der Waals surface area contributed by atoms with Crippen molar-refractivity contribution in [1.29, 1.82) is 0 Å². The standard InChI is InChI=1S/C20H24INO2/c1-13-12-16(21)8-11-18(13)22-19(23)14(2)24-17-9-6-15(7-10-17)20(3,4)5/h6-12,14H,1-5H3,(H,22,23). The second kappa shape index (κ2) is 7.55. The lowest BCUT2D eigenvalue weighted by Crippen LogP contribution is -2.30. The smallest absolute Gasteiger partial charge is 0.265 e. The van der Waals surface area contributed by atoms with E-state index in [9.17, 15) is 4.79 Å². The van der Waals surface area contributed by atoms with E-state index in [0.29, 0.717) is 5.75 Å². The number of hydrogen-bond donors (Lipinski definition) is 1. The van der Waals surface area contributed by atoms with E-state index < -0.39 is 6.10 Å². The lowest BCUT2D eigenvalue weighted by molar-refractivity contribution is -0.122. The first-order valence-electron chi connectivity index (χ1n) is 8.01. The molecule has 0 aliphatic carbocycles. The molecule has 0 heterocycles. The van der Waals surface area contributed by atoms with Gasteiger partial charge in [0, 0.05) is 9.26 Å². The van der Waals surface area contributed by atoms with Gasteiger partial charge in [0.2, 0.25) is 0 Å². The number of benzene rings is 2. The summed E-state index contributed by atoms with van der Waals surface area (Å²) in [6, 6.07) is 13.8. The number of rotatable bonds is 4. The van der Waals surface area contributed by atoms with Crippen molar-refractivity contribution in [2.75, 3.05) is 5.32 Å². The first-order chi connectivity index (χ1) is 11.2. The van der Waals surface area contributed by atoms with Crippen molar-refractivity contribution < 1.29 is 9.53 Å². The minimum atomic E-state index is -0.566. The predicted molar refractivity (Wildman–Crippen MR) is 108 cm³/mol. The van der Waals surface area contributed by atoms with Crippen LogP contribution in [0.2, 0.25) is 0 Å². The summed E-state index contributed by atoms with van der Waals surface area (Å²) in [5.41, 5.74) is 3.20. The highest BCUT2D eigenvalue weighted by Crippen LogP contribution is 2.25. The van der Waals surface area contributed by atoms with E-state index in [2.05, 4.69) is 48.7 Å². The van der Waals surface area contributed by atoms with Gasteiger partial charge in [-0.05, 0) is 83.3 Å². The van der Waals surface area contributed by atoms with Gasteiger partial charge in [-0.2, -0.15) is 0 Å². The van der Waals surface area contributed by atoms with E-state index in [1.807, 2.05) is 49.4 Å². The Hall–Kier alpha value is -1.56. The van der Waals surface area contributed by atoms with E-state index in [4.69, 9.17) is 4.74 Å². The minimum Gasteiger partial charge on any atom is -0.481 e. The summed E-state index contributed by atoms with van der Waals surface area (Å²) < 4.78 is 6.91. The molecular weight excluding hydrogens is 413 g/mol. The number of carbonyl (C=O) groups is 1. The fourth-order valence-electron chi connectivity index (χ4n) is 2.29. The van der Waals surface area contributed by atoms with Crippen LogP contribution in [0.4, 0.5) is 5.69 Å². The van der Waals surface area contributed by atoms with Crippen LogP contribution in [0.15, 0.2) is 42.5 Å². The van der Waals surface area contributed by atoms with Crippen molar-refractivity contribution >= 4 is 34.2 Å². The maximum absolute atomic E-state index is 12.3. The highest BCUT2D eigenvalue weighted by atomic mass is 127. The topological polar surface area (TPSA) is 38.3 Å². The number of ether oxygens (including phenoxy) is 1. The predicted octanol–water partition coefficient (Wildman–Crippen LogP) is 5.30. The molecule has 0 saturated heterocycles. The monoisotopic (exact) mass is 437 g/mol. The van der Waals surface area contributed by atoms with Gasteiger partial charge in [0.1, 0.15) is 5.75 Å². The zero-order valence-corrected chi connectivity index (χ0v) is 17.0. The Morgan fingerprint density at radius 3 is 2.29 bits per heavy atom. The fourth-order valence-corrected chi connectivity index (χ4v) is 2.94. The van der Waals surface area contributed by atoms with Crippen molar-refractivity contribution in [2.24, 2.45) is 0 Å². The van der Waals surface area contributed by atoms with E-state index in [1.165, 1.54) is 5.56 Å². The van der Waals surface area contributed by atoms with Gasteiger partial charge in [-0.1, -0.05) is 32.9 Å². The summed E-state index contributed by atoms with van der Waals surface area (Å²) in [4.78, 5) is 12.3. The van der Waals surface area contributed by atoms with Crippen LogP contribution in [0.1, 0.15) is 38.8 Å². The molecule has 2 aromatic carbocycles. The number of hydrogen-bond acceptors (Lipinski definition) is 2. The average molecular weight is 437 g/mol. The molecule has 2 aromatic rings. The number of halogens is 1. The highest BCUT2D eigenvalue weighted by molar-refractivity contribution is 14.1. The third-order valence-electron chi connectivity index (χ3n) is 3.85. The quantitative estimate of drug-likeness (QED) is 0.659. The second-order valence-electron chi connectivity index (χ2n) is 6.98. The molecule has 2 rings (SSSR count). The van der Waals surface area contributed by atoms with Gasteiger partial charge in [0.05, 0.1) is 0 Å². The molecule has 0 saturated carbocycles. The number of amides is 1. The molecule has 1 amide bonds. The third-order valence-corrected chi connectivity index (χ3v) is 4.52. The van der Waals surface area contributed by atoms with E-state index >= 15 is 0 Å². The van der Waals surface area contributed by atoms with Crippen LogP contribution in [-0.2, 0) is 10.2 Å².